The number of anilines is 2. The Labute approximate surface area is 191 Å². The normalized spacial score (nSPS) is 18.6. The van der Waals surface area contributed by atoms with Crippen molar-refractivity contribution in [2.75, 3.05) is 38.2 Å². The number of piperidine rings is 1. The molecule has 3 rings (SSSR count). The fraction of sp³-hybridized carbons (Fsp3) is 0.480. The fourth-order valence-electron chi connectivity index (χ4n) is 4.22. The predicted octanol–water partition coefficient (Wildman–Crippen LogP) is 3.27. The van der Waals surface area contributed by atoms with Gasteiger partial charge < -0.3 is 20.9 Å². The molecule has 0 spiro atoms. The number of likely N-dealkylation sites (tertiary alicyclic amines) is 1. The standard InChI is InChI=1S/C25H35N5O2/c1-5-19-14-21(15-27-23(19)26)28-24(31)25(32)30-16-17(2)9-10-22(30)20-8-6-7-18(13-20)11-12-29(3)4/h6-8,13-15,17,22H,5,9-12,16H2,1-4H3,(H2,26,27)(H,28,31)/t17-,22+/m0/s1. The number of carbonyl (C=O) groups excluding carboxylic acids is 2. The van der Waals surface area contributed by atoms with Crippen LogP contribution in [-0.4, -0.2) is 53.8 Å². The number of pyridine rings is 1. The summed E-state index contributed by atoms with van der Waals surface area (Å²) in [5.41, 5.74) is 9.52. The summed E-state index contributed by atoms with van der Waals surface area (Å²) in [5.74, 6) is -0.350. The molecule has 1 saturated heterocycles. The molecule has 0 radical (unpaired) electrons. The van der Waals surface area contributed by atoms with Crippen molar-refractivity contribution in [2.24, 2.45) is 5.92 Å². The lowest BCUT2D eigenvalue weighted by atomic mass is 9.89. The summed E-state index contributed by atoms with van der Waals surface area (Å²) in [4.78, 5) is 34.1. The Balaban J connectivity index is 1.78. The van der Waals surface area contributed by atoms with Crippen LogP contribution in [0.1, 0.15) is 49.4 Å². The van der Waals surface area contributed by atoms with E-state index >= 15 is 0 Å². The predicted molar refractivity (Wildman–Crippen MR) is 128 cm³/mol. The van der Waals surface area contributed by atoms with Crippen LogP contribution in [0.3, 0.4) is 0 Å². The van der Waals surface area contributed by atoms with Gasteiger partial charge >= 0.3 is 11.8 Å². The fourth-order valence-corrected chi connectivity index (χ4v) is 4.22. The summed E-state index contributed by atoms with van der Waals surface area (Å²) in [6.45, 7) is 5.63. The highest BCUT2D eigenvalue weighted by molar-refractivity contribution is 6.39. The van der Waals surface area contributed by atoms with Gasteiger partial charge in [0, 0.05) is 13.1 Å². The molecular weight excluding hydrogens is 402 g/mol. The molecule has 2 aromatic rings. The minimum atomic E-state index is -0.638. The SMILES string of the molecule is CCc1cc(NC(=O)C(=O)N2C[C@@H](C)CC[C@@H]2c2cccc(CCN(C)C)c2)cnc1N. The van der Waals surface area contributed by atoms with Gasteiger partial charge in [-0.15, -0.1) is 0 Å². The lowest BCUT2D eigenvalue weighted by Crippen LogP contribution is -2.46. The molecule has 0 aliphatic carbocycles. The first kappa shape index (κ1) is 23.7. The van der Waals surface area contributed by atoms with Crippen molar-refractivity contribution < 1.29 is 9.59 Å². The van der Waals surface area contributed by atoms with Crippen molar-refractivity contribution >= 4 is 23.3 Å². The van der Waals surface area contributed by atoms with Crippen LogP contribution in [0.2, 0.25) is 0 Å². The molecular formula is C25H35N5O2. The molecule has 0 unspecified atom stereocenters. The molecule has 1 aromatic heterocycles. The molecule has 0 saturated carbocycles. The number of nitrogens with one attached hydrogen (secondary N) is 1. The van der Waals surface area contributed by atoms with Crippen LogP contribution in [0, 0.1) is 5.92 Å². The zero-order valence-electron chi connectivity index (χ0n) is 19.6. The summed E-state index contributed by atoms with van der Waals surface area (Å²) in [6.07, 6.45) is 5.01. The van der Waals surface area contributed by atoms with E-state index in [1.54, 1.807) is 11.0 Å². The summed E-state index contributed by atoms with van der Waals surface area (Å²) >= 11 is 0. The zero-order valence-corrected chi connectivity index (χ0v) is 19.6. The van der Waals surface area contributed by atoms with Gasteiger partial charge in [0.2, 0.25) is 0 Å². The quantitative estimate of drug-likeness (QED) is 0.677. The monoisotopic (exact) mass is 437 g/mol. The van der Waals surface area contributed by atoms with E-state index in [1.165, 1.54) is 11.8 Å². The lowest BCUT2D eigenvalue weighted by Gasteiger charge is -2.38. The number of carbonyl (C=O) groups is 2. The number of nitrogens with two attached hydrogens (primary N) is 1. The highest BCUT2D eigenvalue weighted by Crippen LogP contribution is 2.34. The van der Waals surface area contributed by atoms with Gasteiger partial charge in [-0.05, 0) is 68.5 Å². The Morgan fingerprint density at radius 1 is 1.25 bits per heavy atom. The first-order chi connectivity index (χ1) is 15.3. The first-order valence-electron chi connectivity index (χ1n) is 11.4. The van der Waals surface area contributed by atoms with E-state index in [0.29, 0.717) is 30.4 Å². The van der Waals surface area contributed by atoms with Gasteiger partial charge in [-0.25, -0.2) is 4.98 Å². The Bertz CT molecular complexity index is 959. The third-order valence-electron chi connectivity index (χ3n) is 6.10. The van der Waals surface area contributed by atoms with Crippen LogP contribution in [0.5, 0.6) is 0 Å². The van der Waals surface area contributed by atoms with Crippen molar-refractivity contribution in [1.82, 2.24) is 14.8 Å². The molecule has 1 aliphatic rings. The second kappa shape index (κ2) is 10.6. The van der Waals surface area contributed by atoms with Gasteiger partial charge in [0.05, 0.1) is 17.9 Å². The minimum Gasteiger partial charge on any atom is -0.383 e. The molecule has 172 valence electrons. The van der Waals surface area contributed by atoms with Gasteiger partial charge in [-0.2, -0.15) is 0 Å². The maximum absolute atomic E-state index is 13.2. The largest absolute Gasteiger partial charge is 0.383 e. The third kappa shape index (κ3) is 5.85. The molecule has 2 atom stereocenters. The van der Waals surface area contributed by atoms with Crippen molar-refractivity contribution in [3.05, 3.63) is 53.2 Å². The molecule has 1 fully saturated rings. The van der Waals surface area contributed by atoms with Crippen molar-refractivity contribution in [1.29, 1.82) is 0 Å². The Morgan fingerprint density at radius 3 is 2.75 bits per heavy atom. The van der Waals surface area contributed by atoms with Gasteiger partial charge in [0.25, 0.3) is 0 Å². The number of aromatic nitrogens is 1. The maximum atomic E-state index is 13.2. The van der Waals surface area contributed by atoms with Crippen LogP contribution < -0.4 is 11.1 Å². The number of likely N-dealkylation sites (N-methyl/N-ethyl adjacent to an activating group) is 1. The van der Waals surface area contributed by atoms with Gasteiger partial charge in [0.15, 0.2) is 0 Å². The van der Waals surface area contributed by atoms with E-state index in [4.69, 9.17) is 5.73 Å². The van der Waals surface area contributed by atoms with E-state index in [1.807, 2.05) is 13.0 Å². The molecule has 7 heteroatoms. The van der Waals surface area contributed by atoms with Crippen LogP contribution in [-0.2, 0) is 22.4 Å². The maximum Gasteiger partial charge on any atom is 0.313 e. The summed E-state index contributed by atoms with van der Waals surface area (Å²) in [6, 6.07) is 10.1. The second-order valence-corrected chi connectivity index (χ2v) is 9.03. The molecule has 1 aliphatic heterocycles. The molecule has 2 heterocycles. The van der Waals surface area contributed by atoms with Gasteiger partial charge in [0.1, 0.15) is 5.82 Å². The number of benzene rings is 1. The van der Waals surface area contributed by atoms with Gasteiger partial charge in [-0.1, -0.05) is 38.1 Å². The average Bonchev–Trinajstić information content (AvgIpc) is 2.78. The molecule has 32 heavy (non-hydrogen) atoms. The Kier molecular flexibility index (Phi) is 7.85. The Morgan fingerprint density at radius 2 is 2.03 bits per heavy atom. The van der Waals surface area contributed by atoms with E-state index in [0.717, 1.165) is 36.9 Å². The zero-order chi connectivity index (χ0) is 23.3. The van der Waals surface area contributed by atoms with Crippen LogP contribution in [0.25, 0.3) is 0 Å². The number of amides is 2. The van der Waals surface area contributed by atoms with Crippen LogP contribution in [0.15, 0.2) is 36.5 Å². The van der Waals surface area contributed by atoms with E-state index < -0.39 is 11.8 Å². The topological polar surface area (TPSA) is 91.6 Å². The first-order valence-corrected chi connectivity index (χ1v) is 11.4. The number of aryl methyl sites for hydroxylation is 1. The lowest BCUT2D eigenvalue weighted by molar-refractivity contribution is -0.146. The van der Waals surface area contributed by atoms with Crippen LogP contribution >= 0.6 is 0 Å². The Hall–Kier alpha value is -2.93. The second-order valence-electron chi connectivity index (χ2n) is 9.03. The average molecular weight is 438 g/mol. The molecule has 1 aromatic carbocycles. The minimum absolute atomic E-state index is 0.0977. The van der Waals surface area contributed by atoms with E-state index in [2.05, 4.69) is 54.4 Å². The number of rotatable bonds is 6. The molecule has 0 bridgehead atoms. The van der Waals surface area contributed by atoms with Gasteiger partial charge in [-0.3, -0.25) is 9.59 Å². The summed E-state index contributed by atoms with van der Waals surface area (Å²) in [7, 11) is 4.12. The van der Waals surface area contributed by atoms with E-state index in [-0.39, 0.29) is 6.04 Å². The highest BCUT2D eigenvalue weighted by atomic mass is 16.2. The number of hydrogen-bond donors (Lipinski definition) is 2. The van der Waals surface area contributed by atoms with Crippen molar-refractivity contribution in [2.45, 2.75) is 45.6 Å². The summed E-state index contributed by atoms with van der Waals surface area (Å²) in [5, 5.41) is 2.72. The van der Waals surface area contributed by atoms with Crippen LogP contribution in [0.4, 0.5) is 11.5 Å². The molecule has 3 N–H and O–H groups in total. The van der Waals surface area contributed by atoms with E-state index in [9.17, 15) is 9.59 Å². The number of hydrogen-bond acceptors (Lipinski definition) is 5. The summed E-state index contributed by atoms with van der Waals surface area (Å²) < 4.78 is 0. The third-order valence-corrected chi connectivity index (χ3v) is 6.10. The van der Waals surface area contributed by atoms with Crippen molar-refractivity contribution in [3.8, 4) is 0 Å². The number of nitrogens with zero attached hydrogens (tertiary/aromatic N) is 3. The highest BCUT2D eigenvalue weighted by Gasteiger charge is 2.34. The van der Waals surface area contributed by atoms with Crippen molar-refractivity contribution in [3.63, 3.8) is 0 Å². The molecule has 7 nitrogen and oxygen atoms in total. The smallest absolute Gasteiger partial charge is 0.313 e. The number of nitrogen functional groups attached to an aromatic ring is 1. The molecule has 2 amide bonds.